The first-order valence-electron chi connectivity index (χ1n) is 15.1. The molecule has 2 heterocycles. The average molecular weight is 630 g/mol. The van der Waals surface area contributed by atoms with Gasteiger partial charge in [0.1, 0.15) is 11.8 Å². The number of nitrogens with zero attached hydrogens (tertiary/aromatic N) is 4. The molecule has 5 rings (SSSR count). The Labute approximate surface area is 269 Å². The molecule has 2 aliphatic rings. The van der Waals surface area contributed by atoms with Crippen molar-refractivity contribution in [1.82, 2.24) is 14.7 Å². The van der Waals surface area contributed by atoms with Crippen LogP contribution in [0.15, 0.2) is 78.9 Å². The summed E-state index contributed by atoms with van der Waals surface area (Å²) in [7, 11) is 2.90. The number of thiocarbonyl (C=S) groups is 1. The number of amides is 2. The number of hydrogen-bond acceptors (Lipinski definition) is 8. The number of benzene rings is 3. The van der Waals surface area contributed by atoms with Gasteiger partial charge in [0.15, 0.2) is 5.11 Å². The van der Waals surface area contributed by atoms with Gasteiger partial charge in [0.2, 0.25) is 5.91 Å². The zero-order valence-electron chi connectivity index (χ0n) is 25.7. The number of carbonyl (C=O) groups excluding carboxylic acids is 3. The average Bonchev–Trinajstić information content (AvgIpc) is 3.29. The van der Waals surface area contributed by atoms with E-state index in [1.54, 1.807) is 55.6 Å². The molecular weight excluding hydrogens is 590 g/mol. The van der Waals surface area contributed by atoms with Crippen molar-refractivity contribution in [2.45, 2.75) is 25.4 Å². The van der Waals surface area contributed by atoms with Crippen molar-refractivity contribution in [3.05, 3.63) is 90.0 Å². The lowest BCUT2D eigenvalue weighted by Gasteiger charge is -2.35. The summed E-state index contributed by atoms with van der Waals surface area (Å²) in [6.45, 7) is 6.35. The van der Waals surface area contributed by atoms with E-state index in [-0.39, 0.29) is 18.2 Å². The number of ether oxygens (including phenoxy) is 2. The van der Waals surface area contributed by atoms with E-state index in [4.69, 9.17) is 21.7 Å². The number of hydrogen-bond donors (Lipinski definition) is 1. The van der Waals surface area contributed by atoms with Crippen LogP contribution in [0, 0.1) is 0 Å². The molecule has 0 aromatic heterocycles. The summed E-state index contributed by atoms with van der Waals surface area (Å²) in [4.78, 5) is 47.0. The lowest BCUT2D eigenvalue weighted by molar-refractivity contribution is -0.124. The second-order valence-corrected chi connectivity index (χ2v) is 11.5. The summed E-state index contributed by atoms with van der Waals surface area (Å²) in [6.07, 6.45) is 0.734. The van der Waals surface area contributed by atoms with Gasteiger partial charge in [-0.3, -0.25) is 19.4 Å². The maximum Gasteiger partial charge on any atom is 0.337 e. The highest BCUT2D eigenvalue weighted by Crippen LogP contribution is 2.29. The van der Waals surface area contributed by atoms with Gasteiger partial charge in [-0.2, -0.15) is 0 Å². The summed E-state index contributed by atoms with van der Waals surface area (Å²) in [6, 6.07) is 23.4. The molecule has 0 bridgehead atoms. The Hall–Kier alpha value is -4.32. The van der Waals surface area contributed by atoms with Gasteiger partial charge in [0.05, 0.1) is 31.9 Å². The fourth-order valence-electron chi connectivity index (χ4n) is 5.73. The fourth-order valence-corrected chi connectivity index (χ4v) is 6.14. The van der Waals surface area contributed by atoms with Crippen LogP contribution >= 0.6 is 12.2 Å². The van der Waals surface area contributed by atoms with E-state index in [1.807, 2.05) is 11.0 Å². The van der Waals surface area contributed by atoms with Gasteiger partial charge in [-0.15, -0.1) is 0 Å². The summed E-state index contributed by atoms with van der Waals surface area (Å²) in [5.41, 5.74) is 2.86. The second-order valence-electron chi connectivity index (χ2n) is 11.1. The van der Waals surface area contributed by atoms with Crippen molar-refractivity contribution in [3.63, 3.8) is 0 Å². The maximum absolute atomic E-state index is 13.8. The van der Waals surface area contributed by atoms with Crippen molar-refractivity contribution >= 4 is 46.5 Å². The largest absolute Gasteiger partial charge is 0.497 e. The monoisotopic (exact) mass is 629 g/mol. The Kier molecular flexibility index (Phi) is 10.8. The Balaban J connectivity index is 1.21. The predicted octanol–water partition coefficient (Wildman–Crippen LogP) is 4.02. The molecule has 3 aromatic carbocycles. The molecule has 0 radical (unpaired) electrons. The van der Waals surface area contributed by atoms with Crippen LogP contribution in [0.3, 0.4) is 0 Å². The minimum Gasteiger partial charge on any atom is -0.497 e. The van der Waals surface area contributed by atoms with Crippen LogP contribution in [-0.2, 0) is 20.9 Å². The molecule has 1 atom stereocenters. The summed E-state index contributed by atoms with van der Waals surface area (Å²) < 4.78 is 10.0. The van der Waals surface area contributed by atoms with E-state index >= 15 is 0 Å². The quantitative estimate of drug-likeness (QED) is 0.236. The van der Waals surface area contributed by atoms with E-state index in [1.165, 1.54) is 17.6 Å². The Morgan fingerprint density at radius 2 is 1.53 bits per heavy atom. The van der Waals surface area contributed by atoms with Crippen LogP contribution < -0.4 is 15.0 Å². The molecule has 11 heteroatoms. The van der Waals surface area contributed by atoms with E-state index in [2.05, 4.69) is 39.4 Å². The first kappa shape index (κ1) is 32.1. The molecule has 2 aliphatic heterocycles. The minimum absolute atomic E-state index is 0.0669. The van der Waals surface area contributed by atoms with Crippen LogP contribution in [0.5, 0.6) is 5.75 Å². The molecule has 0 aliphatic carbocycles. The lowest BCUT2D eigenvalue weighted by atomic mass is 10.1. The van der Waals surface area contributed by atoms with Gasteiger partial charge in [0.25, 0.3) is 5.91 Å². The zero-order valence-corrected chi connectivity index (χ0v) is 26.5. The first-order valence-corrected chi connectivity index (χ1v) is 15.5. The van der Waals surface area contributed by atoms with Crippen LogP contribution in [0.2, 0.25) is 0 Å². The normalized spacial score (nSPS) is 17.4. The SMILES string of the molecule is COC(=O)c1ccc(NC(=O)C[C@@H]2C(=O)N(c3ccc(OC)cc3)C(=S)N2CCCN2CCN(Cc3ccccc3)CC2)cc1. The number of carbonyl (C=O) groups is 3. The topological polar surface area (TPSA) is 94.7 Å². The van der Waals surface area contributed by atoms with Crippen molar-refractivity contribution in [2.75, 3.05) is 63.7 Å². The molecule has 2 saturated heterocycles. The van der Waals surface area contributed by atoms with Gasteiger partial charge in [-0.05, 0) is 79.3 Å². The van der Waals surface area contributed by atoms with Crippen molar-refractivity contribution < 1.29 is 23.9 Å². The summed E-state index contributed by atoms with van der Waals surface area (Å²) in [5.74, 6) is -0.346. The molecule has 10 nitrogen and oxygen atoms in total. The molecule has 45 heavy (non-hydrogen) atoms. The smallest absolute Gasteiger partial charge is 0.337 e. The number of methoxy groups -OCH3 is 2. The Morgan fingerprint density at radius 1 is 0.867 bits per heavy atom. The van der Waals surface area contributed by atoms with Crippen LogP contribution in [0.25, 0.3) is 0 Å². The molecule has 0 saturated carbocycles. The number of esters is 1. The zero-order chi connectivity index (χ0) is 31.8. The molecule has 3 aromatic rings. The number of piperazine rings is 1. The summed E-state index contributed by atoms with van der Waals surface area (Å²) in [5, 5.41) is 3.23. The maximum atomic E-state index is 13.8. The highest BCUT2D eigenvalue weighted by Gasteiger charge is 2.44. The summed E-state index contributed by atoms with van der Waals surface area (Å²) >= 11 is 5.84. The third kappa shape index (κ3) is 8.05. The van der Waals surface area contributed by atoms with Gasteiger partial charge < -0.3 is 24.6 Å². The van der Waals surface area contributed by atoms with E-state index in [9.17, 15) is 14.4 Å². The highest BCUT2D eigenvalue weighted by atomic mass is 32.1. The molecule has 0 unspecified atom stereocenters. The molecule has 2 fully saturated rings. The predicted molar refractivity (Wildman–Crippen MR) is 177 cm³/mol. The van der Waals surface area contributed by atoms with E-state index in [0.717, 1.165) is 45.7 Å². The lowest BCUT2D eigenvalue weighted by Crippen LogP contribution is -2.47. The third-order valence-corrected chi connectivity index (χ3v) is 8.62. The molecule has 0 spiro atoms. The molecule has 2 amide bonds. The molecular formula is C34H39N5O5S. The number of anilines is 2. The first-order chi connectivity index (χ1) is 21.9. The number of nitrogens with one attached hydrogen (secondary N) is 1. The van der Waals surface area contributed by atoms with Gasteiger partial charge in [-0.1, -0.05) is 30.3 Å². The minimum atomic E-state index is -0.739. The van der Waals surface area contributed by atoms with Crippen LogP contribution in [-0.4, -0.2) is 97.1 Å². The Bertz CT molecular complexity index is 1480. The van der Waals surface area contributed by atoms with Crippen molar-refractivity contribution in [3.8, 4) is 5.75 Å². The van der Waals surface area contributed by atoms with E-state index in [0.29, 0.717) is 34.3 Å². The fraction of sp³-hybridized carbons (Fsp3) is 0.353. The van der Waals surface area contributed by atoms with Crippen LogP contribution in [0.1, 0.15) is 28.8 Å². The van der Waals surface area contributed by atoms with Crippen molar-refractivity contribution in [2.24, 2.45) is 0 Å². The van der Waals surface area contributed by atoms with Gasteiger partial charge in [-0.25, -0.2) is 4.79 Å². The number of rotatable bonds is 12. The van der Waals surface area contributed by atoms with Crippen LogP contribution in [0.4, 0.5) is 11.4 Å². The van der Waals surface area contributed by atoms with Crippen molar-refractivity contribution in [1.29, 1.82) is 0 Å². The molecule has 236 valence electrons. The van der Waals surface area contributed by atoms with Gasteiger partial charge >= 0.3 is 5.97 Å². The van der Waals surface area contributed by atoms with Gasteiger partial charge in [0, 0.05) is 45.0 Å². The highest BCUT2D eigenvalue weighted by molar-refractivity contribution is 7.80. The third-order valence-electron chi connectivity index (χ3n) is 8.21. The second kappa shape index (κ2) is 15.1. The standard InChI is InChI=1S/C34H39N5O5S/c1-43-29-15-13-28(14-16-29)39-32(41)30(23-31(40)35-27-11-9-26(10-12-27)33(42)44-2)38(34(39)45)18-6-17-36-19-21-37(22-20-36)24-25-7-4-3-5-8-25/h3-5,7-16,30H,6,17-24H2,1-2H3,(H,35,40)/t30-/m1/s1. The van der Waals surface area contributed by atoms with E-state index < -0.39 is 12.0 Å². The Morgan fingerprint density at radius 3 is 2.18 bits per heavy atom. The molecule has 1 N–H and O–H groups in total.